The molecule has 1 rings (SSSR count). The smallest absolute Gasteiger partial charge is 0.303 e. The number of carbonyl (C=O) groups excluding carboxylic acids is 1. The first kappa shape index (κ1) is 17.1. The van der Waals surface area contributed by atoms with Crippen LogP contribution in [-0.2, 0) is 16.0 Å². The number of hydrogen-bond donors (Lipinski definition) is 2. The van der Waals surface area contributed by atoms with Crippen molar-refractivity contribution in [3.05, 3.63) is 11.7 Å². The van der Waals surface area contributed by atoms with Crippen LogP contribution in [0.15, 0.2) is 4.52 Å². The summed E-state index contributed by atoms with van der Waals surface area (Å²) in [5.41, 5.74) is 0. The molecule has 21 heavy (non-hydrogen) atoms. The number of carboxylic acids is 1. The summed E-state index contributed by atoms with van der Waals surface area (Å²) in [6, 6.07) is 0. The predicted octanol–water partition coefficient (Wildman–Crippen LogP) is 1.56. The molecule has 1 atom stereocenters. The molecular weight excluding hydrogens is 274 g/mol. The second-order valence-corrected chi connectivity index (χ2v) is 5.63. The van der Waals surface area contributed by atoms with Gasteiger partial charge in [-0.1, -0.05) is 19.0 Å². The summed E-state index contributed by atoms with van der Waals surface area (Å²) in [7, 11) is 0. The van der Waals surface area contributed by atoms with Gasteiger partial charge in [-0.25, -0.2) is 0 Å². The Morgan fingerprint density at radius 3 is 2.62 bits per heavy atom. The van der Waals surface area contributed by atoms with Crippen LogP contribution < -0.4 is 5.32 Å². The van der Waals surface area contributed by atoms with Crippen molar-refractivity contribution >= 4 is 11.9 Å². The zero-order chi connectivity index (χ0) is 15.8. The second-order valence-electron chi connectivity index (χ2n) is 5.63. The van der Waals surface area contributed by atoms with E-state index in [-0.39, 0.29) is 24.7 Å². The van der Waals surface area contributed by atoms with Gasteiger partial charge in [-0.3, -0.25) is 9.59 Å². The van der Waals surface area contributed by atoms with Crippen LogP contribution in [0.4, 0.5) is 0 Å². The highest BCUT2D eigenvalue weighted by Crippen LogP contribution is 2.14. The van der Waals surface area contributed by atoms with Crippen molar-refractivity contribution in [1.29, 1.82) is 0 Å². The highest BCUT2D eigenvalue weighted by molar-refractivity contribution is 5.76. The van der Waals surface area contributed by atoms with Gasteiger partial charge in [0, 0.05) is 25.8 Å². The lowest BCUT2D eigenvalue weighted by Gasteiger charge is -2.17. The predicted molar refractivity (Wildman–Crippen MR) is 75.6 cm³/mol. The van der Waals surface area contributed by atoms with E-state index in [1.165, 1.54) is 0 Å². The number of hydrogen-bond acceptors (Lipinski definition) is 5. The SMILES string of the molecule is Cc1noc(CCC(=O)NC[C@H](CC(=O)O)CC(C)C)n1. The van der Waals surface area contributed by atoms with Gasteiger partial charge in [0.25, 0.3) is 0 Å². The highest BCUT2D eigenvalue weighted by Gasteiger charge is 2.16. The molecule has 0 aliphatic carbocycles. The van der Waals surface area contributed by atoms with Gasteiger partial charge in [0.15, 0.2) is 5.82 Å². The average Bonchev–Trinajstić information content (AvgIpc) is 2.78. The summed E-state index contributed by atoms with van der Waals surface area (Å²) in [5, 5.41) is 15.3. The summed E-state index contributed by atoms with van der Waals surface area (Å²) in [4.78, 5) is 26.6. The molecule has 0 bridgehead atoms. The molecular formula is C14H23N3O4. The fourth-order valence-electron chi connectivity index (χ4n) is 2.16. The number of carboxylic acid groups (broad SMARTS) is 1. The van der Waals surface area contributed by atoms with Gasteiger partial charge < -0.3 is 14.9 Å². The molecule has 7 heteroatoms. The fourth-order valence-corrected chi connectivity index (χ4v) is 2.16. The fraction of sp³-hybridized carbons (Fsp3) is 0.714. The number of nitrogens with one attached hydrogen (secondary N) is 1. The number of rotatable bonds is 9. The number of amides is 1. The molecule has 0 aromatic carbocycles. The minimum Gasteiger partial charge on any atom is -0.481 e. The van der Waals surface area contributed by atoms with E-state index in [1.807, 2.05) is 13.8 Å². The van der Waals surface area contributed by atoms with Crippen molar-refractivity contribution in [2.75, 3.05) is 6.54 Å². The Morgan fingerprint density at radius 2 is 2.10 bits per heavy atom. The minimum atomic E-state index is -0.837. The summed E-state index contributed by atoms with van der Waals surface area (Å²) < 4.78 is 4.93. The minimum absolute atomic E-state index is 0.0444. The first-order valence-corrected chi connectivity index (χ1v) is 7.14. The summed E-state index contributed by atoms with van der Waals surface area (Å²) in [6.07, 6.45) is 1.49. The number of aliphatic carboxylic acids is 1. The average molecular weight is 297 g/mol. The van der Waals surface area contributed by atoms with E-state index in [9.17, 15) is 9.59 Å². The van der Waals surface area contributed by atoms with Gasteiger partial charge >= 0.3 is 5.97 Å². The van der Waals surface area contributed by atoms with Crippen molar-refractivity contribution in [3.63, 3.8) is 0 Å². The Kier molecular flexibility index (Phi) is 6.84. The molecule has 0 saturated carbocycles. The van der Waals surface area contributed by atoms with Crippen LogP contribution in [0, 0.1) is 18.8 Å². The van der Waals surface area contributed by atoms with Crippen molar-refractivity contribution in [2.24, 2.45) is 11.8 Å². The van der Waals surface area contributed by atoms with E-state index in [4.69, 9.17) is 9.63 Å². The zero-order valence-electron chi connectivity index (χ0n) is 12.8. The van der Waals surface area contributed by atoms with E-state index in [0.29, 0.717) is 30.6 Å². The molecule has 7 nitrogen and oxygen atoms in total. The van der Waals surface area contributed by atoms with Gasteiger partial charge in [-0.05, 0) is 25.2 Å². The Balaban J connectivity index is 2.33. The van der Waals surface area contributed by atoms with Crippen molar-refractivity contribution in [1.82, 2.24) is 15.5 Å². The lowest BCUT2D eigenvalue weighted by Crippen LogP contribution is -2.31. The van der Waals surface area contributed by atoms with E-state index in [1.54, 1.807) is 6.92 Å². The molecule has 1 aromatic rings. The summed E-state index contributed by atoms with van der Waals surface area (Å²) in [5.74, 6) is 0.363. The van der Waals surface area contributed by atoms with Crippen LogP contribution in [-0.4, -0.2) is 33.7 Å². The largest absolute Gasteiger partial charge is 0.481 e. The third-order valence-electron chi connectivity index (χ3n) is 2.99. The third kappa shape index (κ3) is 7.43. The number of nitrogens with zero attached hydrogens (tertiary/aromatic N) is 2. The van der Waals surface area contributed by atoms with Gasteiger partial charge in [0.1, 0.15) is 0 Å². The van der Waals surface area contributed by atoms with Crippen LogP contribution >= 0.6 is 0 Å². The standard InChI is InChI=1S/C14H23N3O4/c1-9(2)6-11(7-14(19)20)8-15-12(18)4-5-13-16-10(3)17-21-13/h9,11H,4-8H2,1-3H3,(H,15,18)(H,19,20)/t11-/m0/s1. The summed E-state index contributed by atoms with van der Waals surface area (Å²) >= 11 is 0. The normalized spacial score (nSPS) is 12.4. The number of carbonyl (C=O) groups is 2. The number of aromatic nitrogens is 2. The van der Waals surface area contributed by atoms with Crippen LogP contribution in [0.1, 0.15) is 44.8 Å². The van der Waals surface area contributed by atoms with Gasteiger partial charge in [0.05, 0.1) is 0 Å². The van der Waals surface area contributed by atoms with Crippen molar-refractivity contribution in [3.8, 4) is 0 Å². The third-order valence-corrected chi connectivity index (χ3v) is 2.99. The molecule has 0 radical (unpaired) electrons. The summed E-state index contributed by atoms with van der Waals surface area (Å²) in [6.45, 7) is 6.17. The molecule has 2 N–H and O–H groups in total. The van der Waals surface area contributed by atoms with Gasteiger partial charge in [0.2, 0.25) is 11.8 Å². The van der Waals surface area contributed by atoms with Crippen molar-refractivity contribution in [2.45, 2.75) is 46.5 Å². The lowest BCUT2D eigenvalue weighted by atomic mass is 9.94. The Bertz CT molecular complexity index is 471. The topological polar surface area (TPSA) is 105 Å². The lowest BCUT2D eigenvalue weighted by molar-refractivity contribution is -0.138. The monoisotopic (exact) mass is 297 g/mol. The van der Waals surface area contributed by atoms with E-state index in [2.05, 4.69) is 15.5 Å². The van der Waals surface area contributed by atoms with Crippen LogP contribution in [0.5, 0.6) is 0 Å². The first-order chi connectivity index (χ1) is 9.86. The highest BCUT2D eigenvalue weighted by atomic mass is 16.5. The molecule has 0 saturated heterocycles. The maximum atomic E-state index is 11.8. The molecule has 0 fully saturated rings. The van der Waals surface area contributed by atoms with Crippen LogP contribution in [0.2, 0.25) is 0 Å². The van der Waals surface area contributed by atoms with Crippen molar-refractivity contribution < 1.29 is 19.2 Å². The first-order valence-electron chi connectivity index (χ1n) is 7.14. The van der Waals surface area contributed by atoms with Crippen LogP contribution in [0.3, 0.4) is 0 Å². The Labute approximate surface area is 124 Å². The Hall–Kier alpha value is -1.92. The molecule has 1 aromatic heterocycles. The second kappa shape index (κ2) is 8.39. The molecule has 1 amide bonds. The zero-order valence-corrected chi connectivity index (χ0v) is 12.8. The molecule has 1 heterocycles. The number of aryl methyl sites for hydroxylation is 2. The van der Waals surface area contributed by atoms with Crippen LogP contribution in [0.25, 0.3) is 0 Å². The van der Waals surface area contributed by atoms with E-state index < -0.39 is 5.97 Å². The van der Waals surface area contributed by atoms with E-state index in [0.717, 1.165) is 6.42 Å². The quantitative estimate of drug-likeness (QED) is 0.716. The van der Waals surface area contributed by atoms with Gasteiger partial charge in [-0.2, -0.15) is 4.98 Å². The van der Waals surface area contributed by atoms with E-state index >= 15 is 0 Å². The maximum Gasteiger partial charge on any atom is 0.303 e. The Morgan fingerprint density at radius 1 is 1.38 bits per heavy atom. The molecule has 0 aliphatic heterocycles. The molecule has 0 spiro atoms. The molecule has 0 aliphatic rings. The maximum absolute atomic E-state index is 11.8. The van der Waals surface area contributed by atoms with Gasteiger partial charge in [-0.15, -0.1) is 0 Å². The molecule has 118 valence electrons. The molecule has 0 unspecified atom stereocenters.